The average molecular weight is 322 g/mol. The highest BCUT2D eigenvalue weighted by Gasteiger charge is 2.40. The topological polar surface area (TPSA) is 43.8 Å². The first-order valence-corrected chi connectivity index (χ1v) is 8.05. The number of rotatable bonds is 4. The molecule has 0 aromatic carbocycles. The number of alkyl halides is 3. The van der Waals surface area contributed by atoms with Crippen LogP contribution >= 0.6 is 0 Å². The van der Waals surface area contributed by atoms with Crippen molar-refractivity contribution in [2.24, 2.45) is 0 Å². The predicted octanol–water partition coefficient (Wildman–Crippen LogP) is 2.17. The third-order valence-electron chi connectivity index (χ3n) is 4.82. The first-order chi connectivity index (χ1) is 10.3. The van der Waals surface area contributed by atoms with Crippen LogP contribution in [0.4, 0.5) is 13.2 Å². The molecule has 0 radical (unpaired) electrons. The lowest BCUT2D eigenvalue weighted by molar-refractivity contribution is -0.208. The standard InChI is InChI=1S/C15H25F3N2O2/c1-11(21)20(12-4-2-5-12)13-6-3-8-19(9-7-13)10-14(22)15(16,17)18/h12-14,22H,2-10H2,1H3/t13-,14+/m0/s1. The molecule has 0 aromatic rings. The first kappa shape index (κ1) is 17.5. The fraction of sp³-hybridized carbons (Fsp3) is 0.933. The van der Waals surface area contributed by atoms with Gasteiger partial charge in [0.2, 0.25) is 5.91 Å². The molecule has 1 aliphatic carbocycles. The summed E-state index contributed by atoms with van der Waals surface area (Å²) in [5, 5.41) is 9.20. The van der Waals surface area contributed by atoms with E-state index >= 15 is 0 Å². The molecule has 0 bridgehead atoms. The largest absolute Gasteiger partial charge is 0.415 e. The van der Waals surface area contributed by atoms with Gasteiger partial charge in [0.25, 0.3) is 0 Å². The van der Waals surface area contributed by atoms with Crippen LogP contribution in [-0.4, -0.2) is 64.8 Å². The molecule has 1 saturated carbocycles. The zero-order valence-corrected chi connectivity index (χ0v) is 13.0. The molecule has 2 atom stereocenters. The van der Waals surface area contributed by atoms with E-state index in [0.717, 1.165) is 32.1 Å². The van der Waals surface area contributed by atoms with Crippen molar-refractivity contribution in [3.8, 4) is 0 Å². The molecule has 22 heavy (non-hydrogen) atoms. The van der Waals surface area contributed by atoms with Crippen LogP contribution in [0.15, 0.2) is 0 Å². The van der Waals surface area contributed by atoms with Crippen molar-refractivity contribution < 1.29 is 23.1 Å². The highest BCUT2D eigenvalue weighted by molar-refractivity contribution is 5.74. The molecule has 1 heterocycles. The van der Waals surface area contributed by atoms with Gasteiger partial charge in [-0.3, -0.25) is 4.79 Å². The summed E-state index contributed by atoms with van der Waals surface area (Å²) < 4.78 is 37.3. The highest BCUT2D eigenvalue weighted by atomic mass is 19.4. The van der Waals surface area contributed by atoms with Gasteiger partial charge in [0.05, 0.1) is 0 Å². The molecule has 4 nitrogen and oxygen atoms in total. The normalized spacial score (nSPS) is 26.1. The maximum Gasteiger partial charge on any atom is 0.415 e. The van der Waals surface area contributed by atoms with Gasteiger partial charge in [-0.05, 0) is 45.1 Å². The molecule has 1 aliphatic heterocycles. The Morgan fingerprint density at radius 2 is 1.77 bits per heavy atom. The Kier molecular flexibility index (Phi) is 5.71. The quantitative estimate of drug-likeness (QED) is 0.863. The lowest BCUT2D eigenvalue weighted by Gasteiger charge is -2.42. The zero-order valence-electron chi connectivity index (χ0n) is 13.0. The van der Waals surface area contributed by atoms with Crippen LogP contribution in [0.25, 0.3) is 0 Å². The second-order valence-electron chi connectivity index (χ2n) is 6.45. The van der Waals surface area contributed by atoms with Crippen molar-refractivity contribution in [2.75, 3.05) is 19.6 Å². The van der Waals surface area contributed by atoms with E-state index < -0.39 is 12.3 Å². The first-order valence-electron chi connectivity index (χ1n) is 8.05. The van der Waals surface area contributed by atoms with Crippen molar-refractivity contribution in [1.29, 1.82) is 0 Å². The molecule has 1 N–H and O–H groups in total. The van der Waals surface area contributed by atoms with Gasteiger partial charge in [0.15, 0.2) is 6.10 Å². The van der Waals surface area contributed by atoms with Crippen molar-refractivity contribution in [1.82, 2.24) is 9.80 Å². The summed E-state index contributed by atoms with van der Waals surface area (Å²) >= 11 is 0. The lowest BCUT2D eigenvalue weighted by Crippen LogP contribution is -2.49. The van der Waals surface area contributed by atoms with E-state index in [-0.39, 0.29) is 18.5 Å². The van der Waals surface area contributed by atoms with Gasteiger partial charge < -0.3 is 14.9 Å². The monoisotopic (exact) mass is 322 g/mol. The predicted molar refractivity (Wildman–Crippen MR) is 76.3 cm³/mol. The van der Waals surface area contributed by atoms with Gasteiger partial charge in [0, 0.05) is 32.1 Å². The molecule has 1 amide bonds. The third kappa shape index (κ3) is 4.35. The van der Waals surface area contributed by atoms with Gasteiger partial charge in [-0.25, -0.2) is 0 Å². The summed E-state index contributed by atoms with van der Waals surface area (Å²) in [5.41, 5.74) is 0. The average Bonchev–Trinajstić information content (AvgIpc) is 2.57. The number of likely N-dealkylation sites (tertiary alicyclic amines) is 1. The van der Waals surface area contributed by atoms with E-state index in [1.165, 1.54) is 0 Å². The molecule has 0 unspecified atom stereocenters. The van der Waals surface area contributed by atoms with Crippen molar-refractivity contribution in [2.45, 2.75) is 69.8 Å². The third-order valence-corrected chi connectivity index (χ3v) is 4.82. The van der Waals surface area contributed by atoms with Gasteiger partial charge in [-0.2, -0.15) is 13.2 Å². The van der Waals surface area contributed by atoms with Crippen molar-refractivity contribution >= 4 is 5.91 Å². The lowest BCUT2D eigenvalue weighted by atomic mass is 9.89. The van der Waals surface area contributed by atoms with Crippen molar-refractivity contribution in [3.05, 3.63) is 0 Å². The van der Waals surface area contributed by atoms with Crippen LogP contribution in [0.3, 0.4) is 0 Å². The van der Waals surface area contributed by atoms with Crippen LogP contribution in [0.2, 0.25) is 0 Å². The molecular weight excluding hydrogens is 297 g/mol. The molecule has 128 valence electrons. The Balaban J connectivity index is 1.90. The number of hydrogen-bond acceptors (Lipinski definition) is 3. The number of carbonyl (C=O) groups excluding carboxylic acids is 1. The second kappa shape index (κ2) is 7.17. The molecule has 0 spiro atoms. The Morgan fingerprint density at radius 3 is 2.27 bits per heavy atom. The number of aliphatic hydroxyl groups excluding tert-OH is 1. The Bertz CT molecular complexity index is 385. The highest BCUT2D eigenvalue weighted by Crippen LogP contribution is 2.30. The molecule has 2 aliphatic rings. The minimum Gasteiger partial charge on any atom is -0.382 e. The smallest absolute Gasteiger partial charge is 0.382 e. The number of nitrogens with zero attached hydrogens (tertiary/aromatic N) is 2. The number of halogens is 3. The summed E-state index contributed by atoms with van der Waals surface area (Å²) in [7, 11) is 0. The minimum absolute atomic E-state index is 0.0680. The van der Waals surface area contributed by atoms with E-state index in [9.17, 15) is 23.1 Å². The molecule has 1 saturated heterocycles. The maximum absolute atomic E-state index is 12.4. The van der Waals surface area contributed by atoms with Crippen LogP contribution in [-0.2, 0) is 4.79 Å². The summed E-state index contributed by atoms with van der Waals surface area (Å²) in [6, 6.07) is 0.436. The summed E-state index contributed by atoms with van der Waals surface area (Å²) in [6.45, 7) is 2.24. The number of carbonyl (C=O) groups is 1. The minimum atomic E-state index is -4.57. The summed E-state index contributed by atoms with van der Waals surface area (Å²) in [4.78, 5) is 15.5. The fourth-order valence-corrected chi connectivity index (χ4v) is 3.42. The van der Waals surface area contributed by atoms with Crippen LogP contribution in [0.1, 0.15) is 45.4 Å². The van der Waals surface area contributed by atoms with Crippen molar-refractivity contribution in [3.63, 3.8) is 0 Å². The van der Waals surface area contributed by atoms with Crippen LogP contribution in [0, 0.1) is 0 Å². The number of hydrogen-bond donors (Lipinski definition) is 1. The molecule has 2 rings (SSSR count). The van der Waals surface area contributed by atoms with Crippen LogP contribution < -0.4 is 0 Å². The second-order valence-corrected chi connectivity index (χ2v) is 6.45. The van der Waals surface area contributed by atoms with E-state index in [4.69, 9.17) is 0 Å². The maximum atomic E-state index is 12.4. The fourth-order valence-electron chi connectivity index (χ4n) is 3.42. The Morgan fingerprint density at radius 1 is 1.18 bits per heavy atom. The van der Waals surface area contributed by atoms with E-state index in [2.05, 4.69) is 0 Å². The molecule has 2 fully saturated rings. The molecule has 0 aromatic heterocycles. The van der Waals surface area contributed by atoms with E-state index in [1.54, 1.807) is 11.8 Å². The number of aliphatic hydroxyl groups is 1. The van der Waals surface area contributed by atoms with Crippen LogP contribution in [0.5, 0.6) is 0 Å². The molecule has 7 heteroatoms. The zero-order chi connectivity index (χ0) is 16.3. The van der Waals surface area contributed by atoms with Gasteiger partial charge in [-0.1, -0.05) is 0 Å². The van der Waals surface area contributed by atoms with Gasteiger partial charge >= 0.3 is 6.18 Å². The summed E-state index contributed by atoms with van der Waals surface area (Å²) in [5.74, 6) is 0.0680. The van der Waals surface area contributed by atoms with Gasteiger partial charge in [-0.15, -0.1) is 0 Å². The molecular formula is C15H25F3N2O2. The van der Waals surface area contributed by atoms with Gasteiger partial charge in [0.1, 0.15) is 0 Å². The summed E-state index contributed by atoms with van der Waals surface area (Å²) in [6.07, 6.45) is -1.38. The number of amides is 1. The van der Waals surface area contributed by atoms with E-state index in [1.807, 2.05) is 4.90 Å². The Labute approximate surface area is 129 Å². The SMILES string of the molecule is CC(=O)N(C1CCC1)[C@H]1CCCN(C[C@@H](O)C(F)(F)F)CC1. The number of β-amino-alcohol motifs (C(OH)–C–C–N with tert-alkyl or cyclic N) is 1. The Hall–Kier alpha value is -0.820. The van der Waals surface area contributed by atoms with E-state index in [0.29, 0.717) is 25.6 Å².